The minimum atomic E-state index is -0.605. The zero-order valence-corrected chi connectivity index (χ0v) is 16.0. The molecule has 0 radical (unpaired) electrons. The molecule has 2 heterocycles. The van der Waals surface area contributed by atoms with E-state index in [1.807, 2.05) is 13.0 Å². The number of carbonyl (C=O) groups is 1. The molecule has 0 bridgehead atoms. The van der Waals surface area contributed by atoms with Crippen LogP contribution in [0.2, 0.25) is 0 Å². The number of halogens is 2. The number of primary amides is 1. The highest BCUT2D eigenvalue weighted by molar-refractivity contribution is 5.95. The average Bonchev–Trinajstić information content (AvgIpc) is 2.73. The quantitative estimate of drug-likeness (QED) is 0.505. The first-order valence-electron chi connectivity index (χ1n) is 9.26. The summed E-state index contributed by atoms with van der Waals surface area (Å²) in [4.78, 5) is 19.7. The first-order chi connectivity index (χ1) is 14.4. The fourth-order valence-electron chi connectivity index (χ4n) is 3.27. The van der Waals surface area contributed by atoms with Crippen LogP contribution in [0.15, 0.2) is 60.9 Å². The van der Waals surface area contributed by atoms with Gasteiger partial charge in [0.1, 0.15) is 22.8 Å². The van der Waals surface area contributed by atoms with Crippen LogP contribution in [0.5, 0.6) is 11.5 Å². The molecule has 0 atom stereocenters. The van der Waals surface area contributed by atoms with Crippen molar-refractivity contribution in [3.8, 4) is 22.8 Å². The number of benzene rings is 2. The summed E-state index contributed by atoms with van der Waals surface area (Å²) in [5.74, 6) is -1.00. The maximum atomic E-state index is 14.3. The number of aromatic nitrogens is 2. The number of fused-ring (bicyclic) bond motifs is 1. The Morgan fingerprint density at radius 3 is 2.63 bits per heavy atom. The van der Waals surface area contributed by atoms with Crippen molar-refractivity contribution >= 4 is 16.8 Å². The Hall–Kier alpha value is -3.87. The number of nitrogens with zero attached hydrogens (tertiary/aromatic N) is 2. The highest BCUT2D eigenvalue weighted by atomic mass is 19.1. The smallest absolute Gasteiger partial charge is 0.248 e. The van der Waals surface area contributed by atoms with Crippen LogP contribution in [0.1, 0.15) is 22.8 Å². The van der Waals surface area contributed by atoms with Gasteiger partial charge in [-0.3, -0.25) is 14.8 Å². The Bertz CT molecular complexity index is 1270. The summed E-state index contributed by atoms with van der Waals surface area (Å²) >= 11 is 0. The molecule has 0 aliphatic heterocycles. The Morgan fingerprint density at radius 1 is 1.03 bits per heavy atom. The van der Waals surface area contributed by atoms with Crippen LogP contribution in [0.3, 0.4) is 0 Å². The van der Waals surface area contributed by atoms with E-state index in [0.29, 0.717) is 28.8 Å². The molecule has 150 valence electrons. The summed E-state index contributed by atoms with van der Waals surface area (Å²) in [5.41, 5.74) is 8.19. The molecule has 5 nitrogen and oxygen atoms in total. The van der Waals surface area contributed by atoms with E-state index in [2.05, 4.69) is 9.97 Å². The van der Waals surface area contributed by atoms with Gasteiger partial charge in [-0.05, 0) is 42.3 Å². The number of carbonyl (C=O) groups excluding carboxylic acids is 1. The first kappa shape index (κ1) is 19.4. The van der Waals surface area contributed by atoms with Crippen molar-refractivity contribution < 1.29 is 18.3 Å². The predicted octanol–water partition coefficient (Wildman–Crippen LogP) is 5.03. The van der Waals surface area contributed by atoms with Gasteiger partial charge in [-0.2, -0.15) is 0 Å². The molecular formula is C23H17F2N3O2. The maximum absolute atomic E-state index is 14.3. The van der Waals surface area contributed by atoms with Gasteiger partial charge in [0.15, 0.2) is 5.82 Å². The average molecular weight is 405 g/mol. The van der Waals surface area contributed by atoms with Gasteiger partial charge in [0.05, 0.1) is 11.9 Å². The van der Waals surface area contributed by atoms with Crippen LogP contribution in [-0.4, -0.2) is 15.9 Å². The molecule has 2 N–H and O–H groups in total. The molecule has 2 aromatic carbocycles. The van der Waals surface area contributed by atoms with Crippen LogP contribution in [0.4, 0.5) is 8.78 Å². The molecule has 0 saturated heterocycles. The van der Waals surface area contributed by atoms with E-state index < -0.39 is 17.5 Å². The molecule has 2 aromatic heterocycles. The van der Waals surface area contributed by atoms with Crippen molar-refractivity contribution in [1.82, 2.24) is 9.97 Å². The molecule has 0 aliphatic rings. The zero-order valence-electron chi connectivity index (χ0n) is 16.0. The van der Waals surface area contributed by atoms with Crippen LogP contribution in [0.25, 0.3) is 22.2 Å². The summed E-state index contributed by atoms with van der Waals surface area (Å²) in [6.45, 7) is 1.93. The summed E-state index contributed by atoms with van der Waals surface area (Å²) in [6, 6.07) is 12.5. The molecular weight excluding hydrogens is 388 g/mol. The van der Waals surface area contributed by atoms with Gasteiger partial charge in [-0.15, -0.1) is 0 Å². The van der Waals surface area contributed by atoms with Crippen molar-refractivity contribution in [2.45, 2.75) is 13.3 Å². The second-order valence-corrected chi connectivity index (χ2v) is 6.70. The third kappa shape index (κ3) is 3.82. The number of nitrogens with two attached hydrogens (primary N) is 1. The van der Waals surface area contributed by atoms with Crippen molar-refractivity contribution in [3.05, 3.63) is 83.7 Å². The molecule has 30 heavy (non-hydrogen) atoms. The molecule has 1 amide bonds. The Kier molecular flexibility index (Phi) is 5.10. The lowest BCUT2D eigenvalue weighted by atomic mass is 9.99. The molecule has 0 fully saturated rings. The Morgan fingerprint density at radius 2 is 1.87 bits per heavy atom. The fourth-order valence-corrected chi connectivity index (χ4v) is 3.27. The highest BCUT2D eigenvalue weighted by Crippen LogP contribution is 2.30. The second-order valence-electron chi connectivity index (χ2n) is 6.70. The lowest BCUT2D eigenvalue weighted by molar-refractivity contribution is 0.0999. The Labute approximate surface area is 171 Å². The molecule has 0 spiro atoms. The van der Waals surface area contributed by atoms with Gasteiger partial charge in [0.2, 0.25) is 5.91 Å². The van der Waals surface area contributed by atoms with Gasteiger partial charge in [-0.1, -0.05) is 13.0 Å². The molecule has 0 saturated carbocycles. The lowest BCUT2D eigenvalue weighted by Gasteiger charge is -2.10. The van der Waals surface area contributed by atoms with Gasteiger partial charge < -0.3 is 10.5 Å². The van der Waals surface area contributed by atoms with E-state index in [-0.39, 0.29) is 11.3 Å². The third-order valence-electron chi connectivity index (χ3n) is 4.69. The highest BCUT2D eigenvalue weighted by Gasteiger charge is 2.11. The minimum Gasteiger partial charge on any atom is -0.457 e. The van der Waals surface area contributed by atoms with Crippen LogP contribution < -0.4 is 10.5 Å². The van der Waals surface area contributed by atoms with Crippen LogP contribution in [-0.2, 0) is 6.42 Å². The van der Waals surface area contributed by atoms with E-state index in [1.165, 1.54) is 18.2 Å². The number of hydrogen-bond donors (Lipinski definition) is 1. The molecule has 7 heteroatoms. The topological polar surface area (TPSA) is 78.1 Å². The number of hydrogen-bond acceptors (Lipinski definition) is 4. The SMILES string of the molecule is CCc1cc(-c2cc(Oc3cc(F)c4ncc(F)cc4c3)ccn2)ccc1C(N)=O. The summed E-state index contributed by atoms with van der Waals surface area (Å²) in [7, 11) is 0. The van der Waals surface area contributed by atoms with Gasteiger partial charge in [0.25, 0.3) is 0 Å². The van der Waals surface area contributed by atoms with Gasteiger partial charge >= 0.3 is 0 Å². The molecule has 0 aliphatic carbocycles. The standard InChI is InChI=1S/C23H17F2N3O2/c1-2-13-7-14(3-4-19(13)23(26)29)21-11-17(5-6-27-21)30-18-9-15-8-16(24)12-28-22(15)20(25)10-18/h3-12H,2H2,1H3,(H2,26,29). The number of aryl methyl sites for hydroxylation is 1. The van der Waals surface area contributed by atoms with E-state index in [0.717, 1.165) is 17.3 Å². The minimum absolute atomic E-state index is 0.0702. The normalized spacial score (nSPS) is 10.9. The van der Waals surface area contributed by atoms with Gasteiger partial charge in [0, 0.05) is 34.8 Å². The molecule has 4 aromatic rings. The van der Waals surface area contributed by atoms with E-state index in [1.54, 1.807) is 30.5 Å². The van der Waals surface area contributed by atoms with E-state index in [4.69, 9.17) is 10.5 Å². The van der Waals surface area contributed by atoms with E-state index in [9.17, 15) is 13.6 Å². The van der Waals surface area contributed by atoms with Crippen molar-refractivity contribution in [2.24, 2.45) is 5.73 Å². The Balaban J connectivity index is 1.68. The first-order valence-corrected chi connectivity index (χ1v) is 9.26. The maximum Gasteiger partial charge on any atom is 0.248 e. The molecule has 0 unspecified atom stereocenters. The third-order valence-corrected chi connectivity index (χ3v) is 4.69. The zero-order chi connectivity index (χ0) is 21.3. The lowest BCUT2D eigenvalue weighted by Crippen LogP contribution is -2.13. The van der Waals surface area contributed by atoms with Crippen LogP contribution in [0, 0.1) is 11.6 Å². The predicted molar refractivity (Wildman–Crippen MR) is 109 cm³/mol. The second kappa shape index (κ2) is 7.87. The summed E-state index contributed by atoms with van der Waals surface area (Å²) < 4.78 is 33.5. The summed E-state index contributed by atoms with van der Waals surface area (Å²) in [5, 5.41) is 0.300. The largest absolute Gasteiger partial charge is 0.457 e. The fraction of sp³-hybridized carbons (Fsp3) is 0.0870. The number of rotatable bonds is 5. The number of pyridine rings is 2. The van der Waals surface area contributed by atoms with Gasteiger partial charge in [-0.25, -0.2) is 8.78 Å². The molecule has 4 rings (SSSR count). The monoisotopic (exact) mass is 405 g/mol. The number of amides is 1. The van der Waals surface area contributed by atoms with Crippen molar-refractivity contribution in [2.75, 3.05) is 0 Å². The van der Waals surface area contributed by atoms with Crippen molar-refractivity contribution in [1.29, 1.82) is 0 Å². The van der Waals surface area contributed by atoms with Crippen LogP contribution >= 0.6 is 0 Å². The summed E-state index contributed by atoms with van der Waals surface area (Å²) in [6.07, 6.45) is 3.18. The number of ether oxygens (including phenoxy) is 1. The van der Waals surface area contributed by atoms with E-state index >= 15 is 0 Å². The van der Waals surface area contributed by atoms with Crippen molar-refractivity contribution in [3.63, 3.8) is 0 Å².